The van der Waals surface area contributed by atoms with Crippen LogP contribution in [-0.2, 0) is 9.59 Å². The van der Waals surface area contributed by atoms with Crippen molar-refractivity contribution < 1.29 is 9.59 Å². The second kappa shape index (κ2) is 7.01. The third-order valence-electron chi connectivity index (χ3n) is 3.82. The Morgan fingerprint density at radius 3 is 2.38 bits per heavy atom. The SMILES string of the molecule is O=C(Nc1ccc(Cl)cc1Cl)[C@@H]1CC(=O)N(c2ccc(Cl)cc2)C1. The lowest BCUT2D eigenvalue weighted by Crippen LogP contribution is -2.28. The third kappa shape index (κ3) is 3.66. The molecule has 0 aromatic heterocycles. The highest BCUT2D eigenvalue weighted by molar-refractivity contribution is 6.36. The molecule has 1 aliphatic rings. The summed E-state index contributed by atoms with van der Waals surface area (Å²) < 4.78 is 0. The van der Waals surface area contributed by atoms with Crippen LogP contribution in [0.5, 0.6) is 0 Å². The molecule has 2 aromatic rings. The largest absolute Gasteiger partial charge is 0.324 e. The summed E-state index contributed by atoms with van der Waals surface area (Å²) in [5.74, 6) is -0.788. The Balaban J connectivity index is 1.70. The lowest BCUT2D eigenvalue weighted by Gasteiger charge is -2.17. The molecule has 0 saturated carbocycles. The fourth-order valence-corrected chi connectivity index (χ4v) is 3.16. The van der Waals surface area contributed by atoms with E-state index in [-0.39, 0.29) is 18.2 Å². The predicted molar refractivity (Wildman–Crippen MR) is 97.0 cm³/mol. The first-order valence-corrected chi connectivity index (χ1v) is 8.39. The van der Waals surface area contributed by atoms with Crippen LogP contribution in [0, 0.1) is 5.92 Å². The standard InChI is InChI=1S/C17H13Cl3N2O2/c18-11-1-4-13(5-2-11)22-9-10(7-16(22)23)17(24)21-15-6-3-12(19)8-14(15)20/h1-6,8,10H,7,9H2,(H,21,24)/t10-/m1/s1. The summed E-state index contributed by atoms with van der Waals surface area (Å²) >= 11 is 17.8. The Morgan fingerprint density at radius 2 is 1.71 bits per heavy atom. The van der Waals surface area contributed by atoms with Crippen LogP contribution < -0.4 is 10.2 Å². The molecule has 24 heavy (non-hydrogen) atoms. The van der Waals surface area contributed by atoms with E-state index in [1.54, 1.807) is 47.4 Å². The van der Waals surface area contributed by atoms with Gasteiger partial charge in [-0.25, -0.2) is 0 Å². The highest BCUT2D eigenvalue weighted by atomic mass is 35.5. The first kappa shape index (κ1) is 17.1. The van der Waals surface area contributed by atoms with E-state index in [2.05, 4.69) is 5.32 Å². The van der Waals surface area contributed by atoms with Crippen molar-refractivity contribution in [3.8, 4) is 0 Å². The molecular formula is C17H13Cl3N2O2. The van der Waals surface area contributed by atoms with E-state index < -0.39 is 5.92 Å². The maximum Gasteiger partial charge on any atom is 0.229 e. The van der Waals surface area contributed by atoms with Crippen molar-refractivity contribution in [2.24, 2.45) is 5.92 Å². The zero-order chi connectivity index (χ0) is 17.3. The van der Waals surface area contributed by atoms with Gasteiger partial charge in [-0.15, -0.1) is 0 Å². The van der Waals surface area contributed by atoms with Crippen LogP contribution >= 0.6 is 34.8 Å². The molecule has 1 heterocycles. The second-order valence-electron chi connectivity index (χ2n) is 5.50. The van der Waals surface area contributed by atoms with Gasteiger partial charge in [-0.05, 0) is 42.5 Å². The number of halogens is 3. The number of benzene rings is 2. The fourth-order valence-electron chi connectivity index (χ4n) is 2.58. The van der Waals surface area contributed by atoms with E-state index in [0.29, 0.717) is 27.3 Å². The van der Waals surface area contributed by atoms with Gasteiger partial charge in [0.2, 0.25) is 11.8 Å². The molecule has 1 N–H and O–H groups in total. The lowest BCUT2D eigenvalue weighted by molar-refractivity contribution is -0.122. The highest BCUT2D eigenvalue weighted by Gasteiger charge is 2.35. The normalized spacial score (nSPS) is 17.2. The molecule has 3 rings (SSSR count). The number of hydrogen-bond acceptors (Lipinski definition) is 2. The number of amides is 2. The Hall–Kier alpha value is -1.75. The van der Waals surface area contributed by atoms with Gasteiger partial charge in [0.15, 0.2) is 0 Å². The molecule has 2 aromatic carbocycles. The maximum atomic E-state index is 12.4. The number of rotatable bonds is 3. The molecule has 0 radical (unpaired) electrons. The summed E-state index contributed by atoms with van der Waals surface area (Å²) in [6, 6.07) is 11.8. The number of nitrogens with one attached hydrogen (secondary N) is 1. The predicted octanol–water partition coefficient (Wildman–Crippen LogP) is 4.64. The molecule has 1 aliphatic heterocycles. The fraction of sp³-hybridized carbons (Fsp3) is 0.176. The molecule has 2 amide bonds. The van der Waals surface area contributed by atoms with Crippen molar-refractivity contribution >= 4 is 58.0 Å². The van der Waals surface area contributed by atoms with Gasteiger partial charge in [0.25, 0.3) is 0 Å². The van der Waals surface area contributed by atoms with Gasteiger partial charge >= 0.3 is 0 Å². The van der Waals surface area contributed by atoms with Crippen LogP contribution in [0.1, 0.15) is 6.42 Å². The van der Waals surface area contributed by atoms with Crippen LogP contribution in [0.15, 0.2) is 42.5 Å². The van der Waals surface area contributed by atoms with Crippen LogP contribution in [0.25, 0.3) is 0 Å². The van der Waals surface area contributed by atoms with Crippen molar-refractivity contribution in [1.29, 1.82) is 0 Å². The molecule has 4 nitrogen and oxygen atoms in total. The zero-order valence-corrected chi connectivity index (χ0v) is 14.7. The van der Waals surface area contributed by atoms with Crippen molar-refractivity contribution in [1.82, 2.24) is 0 Å². The van der Waals surface area contributed by atoms with E-state index >= 15 is 0 Å². The van der Waals surface area contributed by atoms with E-state index in [9.17, 15) is 9.59 Å². The first-order chi connectivity index (χ1) is 11.4. The van der Waals surface area contributed by atoms with Crippen LogP contribution in [0.3, 0.4) is 0 Å². The van der Waals surface area contributed by atoms with Gasteiger partial charge in [-0.3, -0.25) is 9.59 Å². The number of anilines is 2. The topological polar surface area (TPSA) is 49.4 Å². The molecular weight excluding hydrogens is 371 g/mol. The Bertz CT molecular complexity index is 793. The van der Waals surface area contributed by atoms with Crippen molar-refractivity contribution in [2.45, 2.75) is 6.42 Å². The van der Waals surface area contributed by atoms with E-state index in [0.717, 1.165) is 5.69 Å². The molecule has 1 atom stereocenters. The van der Waals surface area contributed by atoms with Gasteiger partial charge in [0, 0.05) is 28.7 Å². The van der Waals surface area contributed by atoms with Gasteiger partial charge in [-0.2, -0.15) is 0 Å². The maximum absolute atomic E-state index is 12.4. The third-order valence-corrected chi connectivity index (χ3v) is 4.62. The summed E-state index contributed by atoms with van der Waals surface area (Å²) in [7, 11) is 0. The van der Waals surface area contributed by atoms with Crippen LogP contribution in [-0.4, -0.2) is 18.4 Å². The van der Waals surface area contributed by atoms with E-state index in [1.807, 2.05) is 0 Å². The summed E-state index contributed by atoms with van der Waals surface area (Å²) in [5.41, 5.74) is 1.20. The smallest absolute Gasteiger partial charge is 0.229 e. The number of hydrogen-bond donors (Lipinski definition) is 1. The van der Waals surface area contributed by atoms with Gasteiger partial charge in [0.05, 0.1) is 16.6 Å². The van der Waals surface area contributed by atoms with Crippen molar-refractivity contribution in [3.05, 3.63) is 57.5 Å². The monoisotopic (exact) mass is 382 g/mol. The lowest BCUT2D eigenvalue weighted by atomic mass is 10.1. The van der Waals surface area contributed by atoms with Gasteiger partial charge in [-0.1, -0.05) is 34.8 Å². The molecule has 0 bridgehead atoms. The average Bonchev–Trinajstić information content (AvgIpc) is 2.93. The highest BCUT2D eigenvalue weighted by Crippen LogP contribution is 2.29. The van der Waals surface area contributed by atoms with Crippen LogP contribution in [0.2, 0.25) is 15.1 Å². The van der Waals surface area contributed by atoms with Gasteiger partial charge in [0.1, 0.15) is 0 Å². The van der Waals surface area contributed by atoms with Crippen molar-refractivity contribution in [3.63, 3.8) is 0 Å². The Labute approximate surface area is 154 Å². The zero-order valence-electron chi connectivity index (χ0n) is 12.4. The minimum atomic E-state index is -0.445. The molecule has 1 saturated heterocycles. The summed E-state index contributed by atoms with van der Waals surface area (Å²) in [5, 5.41) is 4.19. The van der Waals surface area contributed by atoms with E-state index in [4.69, 9.17) is 34.8 Å². The Morgan fingerprint density at radius 1 is 1.04 bits per heavy atom. The molecule has 124 valence electrons. The van der Waals surface area contributed by atoms with E-state index in [1.165, 1.54) is 0 Å². The second-order valence-corrected chi connectivity index (χ2v) is 6.78. The minimum Gasteiger partial charge on any atom is -0.324 e. The first-order valence-electron chi connectivity index (χ1n) is 7.26. The molecule has 7 heteroatoms. The van der Waals surface area contributed by atoms with Gasteiger partial charge < -0.3 is 10.2 Å². The summed E-state index contributed by atoms with van der Waals surface area (Å²) in [4.78, 5) is 26.2. The quantitative estimate of drug-likeness (QED) is 0.839. The van der Waals surface area contributed by atoms with Crippen molar-refractivity contribution in [2.75, 3.05) is 16.8 Å². The molecule has 0 unspecified atom stereocenters. The summed E-state index contributed by atoms with van der Waals surface area (Å²) in [6.45, 7) is 0.317. The Kier molecular flexibility index (Phi) is 4.99. The molecule has 0 spiro atoms. The molecule has 0 aliphatic carbocycles. The number of carbonyl (C=O) groups is 2. The number of carbonyl (C=O) groups excluding carboxylic acids is 2. The number of nitrogens with zero attached hydrogens (tertiary/aromatic N) is 1. The minimum absolute atomic E-state index is 0.0975. The average molecular weight is 384 g/mol. The van der Waals surface area contributed by atoms with Crippen LogP contribution in [0.4, 0.5) is 11.4 Å². The molecule has 1 fully saturated rings. The summed E-state index contributed by atoms with van der Waals surface area (Å²) in [6.07, 6.45) is 0.152.